The Hall–Kier alpha value is -3.80. The van der Waals surface area contributed by atoms with Crippen molar-refractivity contribution in [2.75, 3.05) is 0 Å². The molecule has 1 heterocycles. The third kappa shape index (κ3) is 3.66. The van der Waals surface area contributed by atoms with Crippen molar-refractivity contribution in [2.24, 2.45) is 0 Å². The van der Waals surface area contributed by atoms with Gasteiger partial charge in [-0.15, -0.1) is 10.2 Å². The zero-order valence-corrected chi connectivity index (χ0v) is 14.7. The largest absolute Gasteiger partial charge is 0.418 e. The summed E-state index contributed by atoms with van der Waals surface area (Å²) in [4.78, 5) is 12.7. The van der Waals surface area contributed by atoms with Gasteiger partial charge in [0.1, 0.15) is 11.9 Å². The lowest BCUT2D eigenvalue weighted by molar-refractivity contribution is 0.0934. The molecule has 0 aliphatic carbocycles. The van der Waals surface area contributed by atoms with Crippen LogP contribution in [0.4, 0.5) is 4.39 Å². The average Bonchev–Trinajstić information content (AvgIpc) is 3.23. The number of nitrogens with zero attached hydrogens (tertiary/aromatic N) is 2. The first-order chi connectivity index (χ1) is 13.7. The number of halogens is 1. The average molecular weight is 373 g/mol. The molecule has 4 rings (SSSR count). The highest BCUT2D eigenvalue weighted by molar-refractivity contribution is 5.94. The van der Waals surface area contributed by atoms with E-state index in [-0.39, 0.29) is 11.5 Å². The molecule has 1 N–H and O–H groups in total. The van der Waals surface area contributed by atoms with Gasteiger partial charge in [-0.1, -0.05) is 60.7 Å². The smallest absolute Gasteiger partial charge is 0.255 e. The Morgan fingerprint density at radius 1 is 0.857 bits per heavy atom. The monoisotopic (exact) mass is 373 g/mol. The summed E-state index contributed by atoms with van der Waals surface area (Å²) in [5.74, 6) is -0.597. The summed E-state index contributed by atoms with van der Waals surface area (Å²) < 4.78 is 19.8. The minimum absolute atomic E-state index is 0.0498. The van der Waals surface area contributed by atoms with E-state index < -0.39 is 17.8 Å². The van der Waals surface area contributed by atoms with Gasteiger partial charge in [0.15, 0.2) is 0 Å². The van der Waals surface area contributed by atoms with Crippen LogP contribution in [0.3, 0.4) is 0 Å². The van der Waals surface area contributed by atoms with Crippen molar-refractivity contribution in [1.29, 1.82) is 0 Å². The maximum atomic E-state index is 14.0. The van der Waals surface area contributed by atoms with Crippen molar-refractivity contribution in [1.82, 2.24) is 15.5 Å². The summed E-state index contributed by atoms with van der Waals surface area (Å²) in [7, 11) is 0. The Morgan fingerprint density at radius 3 is 2.21 bits per heavy atom. The minimum atomic E-state index is -0.710. The molecule has 138 valence electrons. The molecule has 1 atom stereocenters. The molecule has 6 heteroatoms. The van der Waals surface area contributed by atoms with Crippen LogP contribution >= 0.6 is 0 Å². The summed E-state index contributed by atoms with van der Waals surface area (Å²) in [5, 5.41) is 11.0. The van der Waals surface area contributed by atoms with Gasteiger partial charge >= 0.3 is 0 Å². The molecule has 0 aliphatic rings. The summed E-state index contributed by atoms with van der Waals surface area (Å²) in [6.07, 6.45) is 0. The SMILES string of the molecule is O=C(N[C@H](c1ccccc1)c1nnc(-c2ccccc2)o1)c1ccccc1F. The number of amides is 1. The summed E-state index contributed by atoms with van der Waals surface area (Å²) >= 11 is 0. The third-order valence-electron chi connectivity index (χ3n) is 4.24. The zero-order valence-electron chi connectivity index (χ0n) is 14.7. The molecule has 4 aromatic rings. The normalized spacial score (nSPS) is 11.8. The number of aromatic nitrogens is 2. The van der Waals surface area contributed by atoms with Crippen molar-refractivity contribution in [3.05, 3.63) is 108 Å². The maximum absolute atomic E-state index is 14.0. The van der Waals surface area contributed by atoms with Crippen LogP contribution in [0.25, 0.3) is 11.5 Å². The van der Waals surface area contributed by atoms with Gasteiger partial charge in [-0.25, -0.2) is 4.39 Å². The van der Waals surface area contributed by atoms with E-state index in [1.165, 1.54) is 18.2 Å². The molecule has 0 radical (unpaired) electrons. The first-order valence-corrected chi connectivity index (χ1v) is 8.71. The van der Waals surface area contributed by atoms with Gasteiger partial charge in [-0.05, 0) is 29.8 Å². The van der Waals surface area contributed by atoms with Crippen molar-refractivity contribution in [3.63, 3.8) is 0 Å². The maximum Gasteiger partial charge on any atom is 0.255 e. The van der Waals surface area contributed by atoms with E-state index in [1.807, 2.05) is 60.7 Å². The van der Waals surface area contributed by atoms with Crippen LogP contribution < -0.4 is 5.32 Å². The van der Waals surface area contributed by atoms with Gasteiger partial charge in [0.05, 0.1) is 5.56 Å². The molecule has 0 saturated heterocycles. The van der Waals surface area contributed by atoms with Crippen molar-refractivity contribution in [2.45, 2.75) is 6.04 Å². The molecular weight excluding hydrogens is 357 g/mol. The van der Waals surface area contributed by atoms with Crippen LogP contribution in [0.5, 0.6) is 0 Å². The molecule has 3 aromatic carbocycles. The van der Waals surface area contributed by atoms with Gasteiger partial charge in [0.25, 0.3) is 5.91 Å². The van der Waals surface area contributed by atoms with Crippen molar-refractivity contribution >= 4 is 5.91 Å². The number of hydrogen-bond donors (Lipinski definition) is 1. The number of carbonyl (C=O) groups is 1. The zero-order chi connectivity index (χ0) is 19.3. The summed E-state index contributed by atoms with van der Waals surface area (Å²) in [5.41, 5.74) is 1.47. The molecule has 0 bridgehead atoms. The highest BCUT2D eigenvalue weighted by Gasteiger charge is 2.24. The molecule has 28 heavy (non-hydrogen) atoms. The van der Waals surface area contributed by atoms with Crippen molar-refractivity contribution in [3.8, 4) is 11.5 Å². The Bertz CT molecular complexity index is 1080. The number of carbonyl (C=O) groups excluding carboxylic acids is 1. The Balaban J connectivity index is 1.68. The molecule has 1 aromatic heterocycles. The third-order valence-corrected chi connectivity index (χ3v) is 4.24. The number of hydrogen-bond acceptors (Lipinski definition) is 4. The predicted octanol–water partition coefficient (Wildman–Crippen LogP) is 4.40. The molecule has 5 nitrogen and oxygen atoms in total. The van der Waals surface area contributed by atoms with Gasteiger partial charge in [0.2, 0.25) is 11.8 Å². The van der Waals surface area contributed by atoms with Crippen LogP contribution in [-0.4, -0.2) is 16.1 Å². The van der Waals surface area contributed by atoms with Gasteiger partial charge in [-0.3, -0.25) is 4.79 Å². The van der Waals surface area contributed by atoms with E-state index in [1.54, 1.807) is 6.07 Å². The Labute approximate surface area is 160 Å². The fraction of sp³-hybridized carbons (Fsp3) is 0.0455. The molecule has 0 fully saturated rings. The number of rotatable bonds is 5. The molecule has 0 unspecified atom stereocenters. The second-order valence-corrected chi connectivity index (χ2v) is 6.11. The second kappa shape index (κ2) is 7.84. The topological polar surface area (TPSA) is 68.0 Å². The van der Waals surface area contributed by atoms with Crippen LogP contribution in [0.15, 0.2) is 89.3 Å². The van der Waals surface area contributed by atoms with Gasteiger partial charge < -0.3 is 9.73 Å². The molecule has 0 spiro atoms. The fourth-order valence-electron chi connectivity index (χ4n) is 2.84. The van der Waals surface area contributed by atoms with Crippen LogP contribution in [-0.2, 0) is 0 Å². The van der Waals surface area contributed by atoms with Crippen LogP contribution in [0.2, 0.25) is 0 Å². The summed E-state index contributed by atoms with van der Waals surface area (Å²) in [6.45, 7) is 0. The molecule has 0 aliphatic heterocycles. The standard InChI is InChI=1S/C22H16FN3O2/c23-18-14-8-7-13-17(18)20(27)24-19(15-9-3-1-4-10-15)22-26-25-21(28-22)16-11-5-2-6-12-16/h1-14,19H,(H,24,27)/t19-/m1/s1. The molecular formula is C22H16FN3O2. The lowest BCUT2D eigenvalue weighted by Gasteiger charge is -2.16. The first kappa shape index (κ1) is 17.6. The van der Waals surface area contributed by atoms with Crippen LogP contribution in [0, 0.1) is 5.82 Å². The fourth-order valence-corrected chi connectivity index (χ4v) is 2.84. The van der Waals surface area contributed by atoms with E-state index in [4.69, 9.17) is 4.42 Å². The van der Waals surface area contributed by atoms with E-state index in [2.05, 4.69) is 15.5 Å². The Morgan fingerprint density at radius 2 is 1.50 bits per heavy atom. The molecule has 1 amide bonds. The highest BCUT2D eigenvalue weighted by Crippen LogP contribution is 2.25. The quantitative estimate of drug-likeness (QED) is 0.563. The van der Waals surface area contributed by atoms with Gasteiger partial charge in [0, 0.05) is 5.56 Å². The van der Waals surface area contributed by atoms with E-state index in [9.17, 15) is 9.18 Å². The van der Waals surface area contributed by atoms with Crippen molar-refractivity contribution < 1.29 is 13.6 Å². The summed E-state index contributed by atoms with van der Waals surface area (Å²) in [6, 6.07) is 23.6. The van der Waals surface area contributed by atoms with E-state index >= 15 is 0 Å². The number of nitrogens with one attached hydrogen (secondary N) is 1. The molecule has 0 saturated carbocycles. The first-order valence-electron chi connectivity index (χ1n) is 8.71. The lowest BCUT2D eigenvalue weighted by atomic mass is 10.1. The highest BCUT2D eigenvalue weighted by atomic mass is 19.1. The number of benzene rings is 3. The Kier molecular flexibility index (Phi) is 4.93. The lowest BCUT2D eigenvalue weighted by Crippen LogP contribution is -2.30. The van der Waals surface area contributed by atoms with Gasteiger partial charge in [-0.2, -0.15) is 0 Å². The minimum Gasteiger partial charge on any atom is -0.418 e. The van der Waals surface area contributed by atoms with E-state index in [0.29, 0.717) is 5.89 Å². The van der Waals surface area contributed by atoms with Crippen LogP contribution in [0.1, 0.15) is 27.9 Å². The van der Waals surface area contributed by atoms with E-state index in [0.717, 1.165) is 11.1 Å². The second-order valence-electron chi connectivity index (χ2n) is 6.11. The predicted molar refractivity (Wildman–Crippen MR) is 102 cm³/mol.